The summed E-state index contributed by atoms with van der Waals surface area (Å²) in [5, 5.41) is 9.59. The van der Waals surface area contributed by atoms with Crippen molar-refractivity contribution in [3.8, 4) is 6.07 Å². The molecule has 5 nitrogen and oxygen atoms in total. The van der Waals surface area contributed by atoms with Gasteiger partial charge in [0, 0.05) is 35.0 Å². The highest BCUT2D eigenvalue weighted by molar-refractivity contribution is 7.99. The van der Waals surface area contributed by atoms with Gasteiger partial charge in [-0.25, -0.2) is 4.39 Å². The number of thioether (sulfide) groups is 1. The molecule has 0 saturated carbocycles. The number of ketones is 1. The van der Waals surface area contributed by atoms with Crippen LogP contribution in [-0.2, 0) is 21.8 Å². The van der Waals surface area contributed by atoms with Crippen LogP contribution < -0.4 is 0 Å². The van der Waals surface area contributed by atoms with Crippen LogP contribution in [0.2, 0.25) is 0 Å². The van der Waals surface area contributed by atoms with Gasteiger partial charge in [0.25, 0.3) is 0 Å². The molecule has 0 spiro atoms. The Morgan fingerprint density at radius 1 is 1.14 bits per heavy atom. The van der Waals surface area contributed by atoms with Gasteiger partial charge in [-0.15, -0.1) is 11.8 Å². The summed E-state index contributed by atoms with van der Waals surface area (Å²) in [7, 11) is 0. The Kier molecular flexibility index (Phi) is 7.04. The van der Waals surface area contributed by atoms with Crippen molar-refractivity contribution in [2.45, 2.75) is 18.7 Å². The third-order valence-electron chi connectivity index (χ3n) is 4.32. The molecule has 1 heterocycles. The van der Waals surface area contributed by atoms with Crippen LogP contribution in [0, 0.1) is 17.1 Å². The van der Waals surface area contributed by atoms with Gasteiger partial charge >= 0.3 is 5.97 Å². The lowest BCUT2D eigenvalue weighted by atomic mass is 10.1. The predicted octanol–water partition coefficient (Wildman–Crippen LogP) is 4.35. The lowest BCUT2D eigenvalue weighted by molar-refractivity contribution is -0.139. The Hall–Kier alpha value is -3.11. The van der Waals surface area contributed by atoms with Crippen molar-refractivity contribution in [3.05, 3.63) is 71.7 Å². The quantitative estimate of drug-likeness (QED) is 0.387. The van der Waals surface area contributed by atoms with E-state index in [1.165, 1.54) is 23.9 Å². The molecule has 3 rings (SSSR count). The summed E-state index contributed by atoms with van der Waals surface area (Å²) in [5.74, 6) is -0.400. The molecule has 0 aliphatic heterocycles. The Labute approximate surface area is 172 Å². The SMILES string of the molecule is N#CCCn1cc(C(=O)COC(=O)CSCc2ccc(F)cc2)c2ccccc21. The first kappa shape index (κ1) is 20.6. The van der Waals surface area contributed by atoms with Crippen molar-refractivity contribution < 1.29 is 18.7 Å². The van der Waals surface area contributed by atoms with Crippen molar-refractivity contribution in [2.24, 2.45) is 0 Å². The second-order valence-electron chi connectivity index (χ2n) is 6.36. The van der Waals surface area contributed by atoms with Crippen molar-refractivity contribution in [3.63, 3.8) is 0 Å². The molecule has 2 aromatic carbocycles. The number of Topliss-reactive ketones (excluding diaryl/α,β-unsaturated/α-hetero) is 1. The number of aryl methyl sites for hydroxylation is 1. The zero-order valence-electron chi connectivity index (χ0n) is 15.6. The number of para-hydroxylation sites is 1. The van der Waals surface area contributed by atoms with E-state index in [4.69, 9.17) is 10.00 Å². The number of hydrogen-bond donors (Lipinski definition) is 0. The van der Waals surface area contributed by atoms with Crippen molar-refractivity contribution in [1.29, 1.82) is 5.26 Å². The summed E-state index contributed by atoms with van der Waals surface area (Å²) in [5.41, 5.74) is 2.25. The summed E-state index contributed by atoms with van der Waals surface area (Å²) < 4.78 is 19.9. The van der Waals surface area contributed by atoms with Gasteiger partial charge in [-0.05, 0) is 23.8 Å². The second kappa shape index (κ2) is 9.89. The lowest BCUT2D eigenvalue weighted by Gasteiger charge is -2.04. The predicted molar refractivity (Wildman–Crippen MR) is 110 cm³/mol. The van der Waals surface area contributed by atoms with Gasteiger partial charge < -0.3 is 9.30 Å². The number of nitriles is 1. The standard InChI is InChI=1S/C22H19FN2O3S/c23-17-8-6-16(7-9-17)14-29-15-22(27)28-13-21(26)19-12-25(11-3-10-24)20-5-2-1-4-18(19)20/h1-2,4-9,12H,3,11,13-15H2. The Morgan fingerprint density at radius 2 is 1.90 bits per heavy atom. The number of benzene rings is 2. The number of hydrogen-bond acceptors (Lipinski definition) is 5. The maximum Gasteiger partial charge on any atom is 0.316 e. The maximum absolute atomic E-state index is 12.9. The van der Waals surface area contributed by atoms with Crippen LogP contribution in [0.25, 0.3) is 10.9 Å². The Balaban J connectivity index is 1.54. The topological polar surface area (TPSA) is 72.1 Å². The first-order chi connectivity index (χ1) is 14.1. The minimum Gasteiger partial charge on any atom is -0.457 e. The third-order valence-corrected chi connectivity index (χ3v) is 5.30. The molecule has 0 N–H and O–H groups in total. The fourth-order valence-corrected chi connectivity index (χ4v) is 3.70. The van der Waals surface area contributed by atoms with Crippen LogP contribution in [-0.4, -0.2) is 28.7 Å². The summed E-state index contributed by atoms with van der Waals surface area (Å²) in [6.45, 7) is 0.159. The zero-order chi connectivity index (χ0) is 20.6. The molecule has 0 aliphatic carbocycles. The highest BCUT2D eigenvalue weighted by Crippen LogP contribution is 2.22. The van der Waals surface area contributed by atoms with Gasteiger partial charge in [0.1, 0.15) is 5.82 Å². The number of ether oxygens (including phenoxy) is 1. The van der Waals surface area contributed by atoms with Crippen LogP contribution in [0.3, 0.4) is 0 Å². The van der Waals surface area contributed by atoms with Crippen LogP contribution in [0.4, 0.5) is 4.39 Å². The average molecular weight is 410 g/mol. The number of nitrogens with zero attached hydrogens (tertiary/aromatic N) is 2. The molecule has 0 fully saturated rings. The second-order valence-corrected chi connectivity index (χ2v) is 7.35. The van der Waals surface area contributed by atoms with Gasteiger partial charge in [0.15, 0.2) is 6.61 Å². The summed E-state index contributed by atoms with van der Waals surface area (Å²) in [6.07, 6.45) is 2.05. The molecule has 0 bridgehead atoms. The fourth-order valence-electron chi connectivity index (χ4n) is 2.92. The van der Waals surface area contributed by atoms with E-state index in [0.29, 0.717) is 24.3 Å². The number of fused-ring (bicyclic) bond motifs is 1. The Morgan fingerprint density at radius 3 is 2.66 bits per heavy atom. The molecular weight excluding hydrogens is 391 g/mol. The van der Waals surface area contributed by atoms with Gasteiger partial charge in [0.05, 0.1) is 18.2 Å². The van der Waals surface area contributed by atoms with Crippen LogP contribution in [0.1, 0.15) is 22.3 Å². The van der Waals surface area contributed by atoms with E-state index < -0.39 is 5.97 Å². The molecule has 0 amide bonds. The van der Waals surface area contributed by atoms with Crippen LogP contribution in [0.15, 0.2) is 54.7 Å². The molecule has 29 heavy (non-hydrogen) atoms. The van der Waals surface area contributed by atoms with Gasteiger partial charge in [-0.3, -0.25) is 9.59 Å². The molecule has 7 heteroatoms. The molecule has 3 aromatic rings. The summed E-state index contributed by atoms with van der Waals surface area (Å²) in [4.78, 5) is 24.5. The monoisotopic (exact) mass is 410 g/mol. The molecule has 0 unspecified atom stereocenters. The Bertz CT molecular complexity index is 1050. The zero-order valence-corrected chi connectivity index (χ0v) is 16.5. The van der Waals surface area contributed by atoms with Crippen LogP contribution >= 0.6 is 11.8 Å². The van der Waals surface area contributed by atoms with Gasteiger partial charge in [0.2, 0.25) is 5.78 Å². The van der Waals surface area contributed by atoms with E-state index >= 15 is 0 Å². The molecular formula is C22H19FN2O3S. The van der Waals surface area contributed by atoms with Crippen LogP contribution in [0.5, 0.6) is 0 Å². The fraction of sp³-hybridized carbons (Fsp3) is 0.227. The van der Waals surface area contributed by atoms with E-state index in [9.17, 15) is 14.0 Å². The van der Waals surface area contributed by atoms with E-state index in [1.54, 1.807) is 18.3 Å². The van der Waals surface area contributed by atoms with E-state index in [-0.39, 0.29) is 24.0 Å². The summed E-state index contributed by atoms with van der Waals surface area (Å²) >= 11 is 1.34. The maximum atomic E-state index is 12.9. The number of esters is 1. The van der Waals surface area contributed by atoms with E-state index in [2.05, 4.69) is 6.07 Å². The smallest absolute Gasteiger partial charge is 0.316 e. The highest BCUT2D eigenvalue weighted by Gasteiger charge is 2.16. The molecule has 0 radical (unpaired) electrons. The summed E-state index contributed by atoms with van der Waals surface area (Å²) in [6, 6.07) is 15.6. The van der Waals surface area contributed by atoms with Crippen molar-refractivity contribution in [1.82, 2.24) is 4.57 Å². The number of rotatable bonds is 9. The number of carbonyl (C=O) groups excluding carboxylic acids is 2. The first-order valence-corrected chi connectivity index (χ1v) is 10.2. The van der Waals surface area contributed by atoms with E-state index in [1.807, 2.05) is 28.8 Å². The average Bonchev–Trinajstić information content (AvgIpc) is 3.11. The molecule has 0 saturated heterocycles. The molecule has 1 aromatic heterocycles. The highest BCUT2D eigenvalue weighted by atomic mass is 32.2. The normalized spacial score (nSPS) is 10.6. The molecule has 148 valence electrons. The van der Waals surface area contributed by atoms with Crippen molar-refractivity contribution >= 4 is 34.4 Å². The van der Waals surface area contributed by atoms with E-state index in [0.717, 1.165) is 16.5 Å². The number of aromatic nitrogens is 1. The first-order valence-electron chi connectivity index (χ1n) is 9.04. The molecule has 0 aliphatic rings. The molecule has 0 atom stereocenters. The minimum atomic E-state index is -0.473. The van der Waals surface area contributed by atoms with Gasteiger partial charge in [-0.2, -0.15) is 5.26 Å². The number of halogens is 1. The van der Waals surface area contributed by atoms with Crippen molar-refractivity contribution in [2.75, 3.05) is 12.4 Å². The minimum absolute atomic E-state index is 0.106. The third kappa shape index (κ3) is 5.46. The lowest BCUT2D eigenvalue weighted by Crippen LogP contribution is -2.15. The number of carbonyl (C=O) groups is 2. The largest absolute Gasteiger partial charge is 0.457 e. The van der Waals surface area contributed by atoms with Gasteiger partial charge in [-0.1, -0.05) is 30.3 Å².